The van der Waals surface area contributed by atoms with Crippen LogP contribution in [0.3, 0.4) is 0 Å². The number of carbonyl (C=O) groups is 2. The number of carbonyl (C=O) groups excluding carboxylic acids is 2. The topological polar surface area (TPSA) is 125 Å². The minimum Gasteiger partial charge on any atom is -0.390 e. The Hall–Kier alpha value is -2.94. The van der Waals surface area contributed by atoms with Crippen molar-refractivity contribution in [1.29, 1.82) is 0 Å². The SMILES string of the molecule is CS(=O)(=O)Nc1ccccc1C(=O)CCC(=O)N[C@@H](Cc1cc(F)cc(F)c1)[C@@H](O)CNCc1cccc(I)c1. The zero-order valence-electron chi connectivity index (χ0n) is 21.7. The molecule has 0 spiro atoms. The molecule has 3 aromatic carbocycles. The molecule has 0 heterocycles. The van der Waals surface area contributed by atoms with Crippen molar-refractivity contribution < 1.29 is 31.9 Å². The molecule has 2 atom stereocenters. The van der Waals surface area contributed by atoms with E-state index < -0.39 is 45.5 Å². The van der Waals surface area contributed by atoms with Gasteiger partial charge in [-0.2, -0.15) is 0 Å². The minimum absolute atomic E-state index is 0.0540. The first-order valence-electron chi connectivity index (χ1n) is 12.4. The highest BCUT2D eigenvalue weighted by molar-refractivity contribution is 14.1. The molecule has 0 unspecified atom stereocenters. The van der Waals surface area contributed by atoms with Gasteiger partial charge in [-0.15, -0.1) is 0 Å². The number of ketones is 1. The third kappa shape index (κ3) is 10.6. The van der Waals surface area contributed by atoms with E-state index in [1.165, 1.54) is 12.1 Å². The van der Waals surface area contributed by atoms with E-state index in [-0.39, 0.29) is 42.6 Å². The monoisotopic (exact) mass is 685 g/mol. The lowest BCUT2D eigenvalue weighted by Crippen LogP contribution is -2.48. The van der Waals surface area contributed by atoms with Gasteiger partial charge in [0.15, 0.2) is 5.78 Å². The molecular formula is C28H30F2IN3O5S. The van der Waals surface area contributed by atoms with Crippen LogP contribution >= 0.6 is 22.6 Å². The van der Waals surface area contributed by atoms with Crippen molar-refractivity contribution >= 4 is 50.0 Å². The van der Waals surface area contributed by atoms with Crippen molar-refractivity contribution in [2.45, 2.75) is 38.0 Å². The third-order valence-electron chi connectivity index (χ3n) is 5.86. The number of hydrogen-bond donors (Lipinski definition) is 4. The van der Waals surface area contributed by atoms with Gasteiger partial charge in [0.05, 0.1) is 24.1 Å². The van der Waals surface area contributed by atoms with E-state index in [4.69, 9.17) is 0 Å². The molecule has 0 aliphatic heterocycles. The molecule has 3 rings (SSSR count). The summed E-state index contributed by atoms with van der Waals surface area (Å²) in [5.74, 6) is -2.57. The second-order valence-electron chi connectivity index (χ2n) is 9.33. The Morgan fingerprint density at radius 2 is 1.65 bits per heavy atom. The summed E-state index contributed by atoms with van der Waals surface area (Å²) in [6, 6.07) is 15.9. The molecule has 0 saturated heterocycles. The fourth-order valence-electron chi connectivity index (χ4n) is 4.08. The van der Waals surface area contributed by atoms with Crippen LogP contribution in [0.5, 0.6) is 0 Å². The second-order valence-corrected chi connectivity index (χ2v) is 12.3. The third-order valence-corrected chi connectivity index (χ3v) is 7.12. The molecular weight excluding hydrogens is 655 g/mol. The lowest BCUT2D eigenvalue weighted by molar-refractivity contribution is -0.122. The summed E-state index contributed by atoms with van der Waals surface area (Å²) in [5.41, 5.74) is 1.47. The molecule has 0 aliphatic carbocycles. The van der Waals surface area contributed by atoms with Gasteiger partial charge in [-0.25, -0.2) is 17.2 Å². The van der Waals surface area contributed by atoms with Gasteiger partial charge in [0.2, 0.25) is 15.9 Å². The number of rotatable bonds is 14. The summed E-state index contributed by atoms with van der Waals surface area (Å²) in [6.07, 6.45) is -0.679. The molecule has 0 bridgehead atoms. The largest absolute Gasteiger partial charge is 0.390 e. The van der Waals surface area contributed by atoms with Crippen LogP contribution in [0.25, 0.3) is 0 Å². The first-order valence-corrected chi connectivity index (χ1v) is 15.3. The number of hydrogen-bond acceptors (Lipinski definition) is 6. The van der Waals surface area contributed by atoms with Crippen molar-refractivity contribution in [2.75, 3.05) is 17.5 Å². The van der Waals surface area contributed by atoms with Crippen LogP contribution in [0.4, 0.5) is 14.5 Å². The van der Waals surface area contributed by atoms with Gasteiger partial charge in [0, 0.05) is 41.1 Å². The van der Waals surface area contributed by atoms with Crippen LogP contribution in [-0.4, -0.2) is 50.2 Å². The number of aliphatic hydroxyl groups excluding tert-OH is 1. The van der Waals surface area contributed by atoms with E-state index in [2.05, 4.69) is 37.9 Å². The molecule has 0 saturated carbocycles. The van der Waals surface area contributed by atoms with Crippen LogP contribution in [0.1, 0.15) is 34.3 Å². The summed E-state index contributed by atoms with van der Waals surface area (Å²) in [6.45, 7) is 0.538. The van der Waals surface area contributed by atoms with Crippen molar-refractivity contribution in [3.63, 3.8) is 0 Å². The number of amides is 1. The van der Waals surface area contributed by atoms with Crippen LogP contribution in [-0.2, 0) is 27.8 Å². The molecule has 214 valence electrons. The van der Waals surface area contributed by atoms with E-state index in [0.717, 1.165) is 33.6 Å². The molecule has 0 fully saturated rings. The van der Waals surface area contributed by atoms with E-state index in [0.29, 0.717) is 6.54 Å². The Morgan fingerprint density at radius 1 is 0.950 bits per heavy atom. The predicted octanol–water partition coefficient (Wildman–Crippen LogP) is 3.78. The summed E-state index contributed by atoms with van der Waals surface area (Å²) < 4.78 is 54.2. The van der Waals surface area contributed by atoms with Crippen LogP contribution in [0.15, 0.2) is 66.7 Å². The van der Waals surface area contributed by atoms with Gasteiger partial charge in [0.25, 0.3) is 0 Å². The number of nitrogens with one attached hydrogen (secondary N) is 3. The Morgan fingerprint density at radius 3 is 2.33 bits per heavy atom. The lowest BCUT2D eigenvalue weighted by Gasteiger charge is -2.25. The number of aliphatic hydroxyl groups is 1. The van der Waals surface area contributed by atoms with Crippen LogP contribution < -0.4 is 15.4 Å². The zero-order valence-corrected chi connectivity index (χ0v) is 24.6. The summed E-state index contributed by atoms with van der Waals surface area (Å²) in [7, 11) is -3.62. The Bertz CT molecular complexity index is 1440. The molecule has 3 aromatic rings. The average Bonchev–Trinajstić information content (AvgIpc) is 2.85. The second kappa shape index (κ2) is 14.6. The lowest BCUT2D eigenvalue weighted by atomic mass is 9.99. The molecule has 40 heavy (non-hydrogen) atoms. The van der Waals surface area contributed by atoms with Gasteiger partial charge >= 0.3 is 0 Å². The maximum Gasteiger partial charge on any atom is 0.229 e. The maximum atomic E-state index is 13.8. The summed E-state index contributed by atoms with van der Waals surface area (Å²) in [4.78, 5) is 25.6. The molecule has 12 heteroatoms. The highest BCUT2D eigenvalue weighted by atomic mass is 127. The molecule has 0 radical (unpaired) electrons. The van der Waals surface area contributed by atoms with E-state index in [1.54, 1.807) is 12.1 Å². The van der Waals surface area contributed by atoms with Crippen molar-refractivity contribution in [3.8, 4) is 0 Å². The summed E-state index contributed by atoms with van der Waals surface area (Å²) >= 11 is 2.20. The number of Topliss-reactive ketones (excluding diaryl/α,β-unsaturated/α-hetero) is 1. The first kappa shape index (κ1) is 31.6. The summed E-state index contributed by atoms with van der Waals surface area (Å²) in [5, 5.41) is 16.7. The minimum atomic E-state index is -3.62. The van der Waals surface area contributed by atoms with Crippen LogP contribution in [0.2, 0.25) is 0 Å². The molecule has 4 N–H and O–H groups in total. The smallest absolute Gasteiger partial charge is 0.229 e. The Labute approximate surface area is 245 Å². The number of halogens is 3. The molecule has 0 aliphatic rings. The van der Waals surface area contributed by atoms with Crippen LogP contribution in [0, 0.1) is 15.2 Å². The number of anilines is 1. The highest BCUT2D eigenvalue weighted by Crippen LogP contribution is 2.19. The quantitative estimate of drug-likeness (QED) is 0.151. The fraction of sp³-hybridized carbons (Fsp3) is 0.286. The predicted molar refractivity (Wildman–Crippen MR) is 157 cm³/mol. The van der Waals surface area contributed by atoms with Gasteiger partial charge in [0.1, 0.15) is 11.6 Å². The number of benzene rings is 3. The van der Waals surface area contributed by atoms with Gasteiger partial charge in [-0.05, 0) is 76.5 Å². The van der Waals surface area contributed by atoms with Crippen molar-refractivity contribution in [1.82, 2.24) is 10.6 Å². The maximum absolute atomic E-state index is 13.8. The van der Waals surface area contributed by atoms with Crippen molar-refractivity contribution in [3.05, 3.63) is 98.6 Å². The standard InChI is InChI=1S/C28H30F2IN3O5S/c1-40(38,39)34-24-8-3-2-7-23(24)26(35)9-10-28(37)33-25(14-19-11-20(29)15-21(30)12-19)27(36)17-32-16-18-5-4-6-22(31)13-18/h2-8,11-13,15,25,27,32,34,36H,9-10,14,16-17H2,1H3,(H,33,37)/t25-,27-/m0/s1. The normalized spacial score (nSPS) is 12.9. The van der Waals surface area contributed by atoms with E-state index in [1.807, 2.05) is 24.3 Å². The Kier molecular flexibility index (Phi) is 11.5. The highest BCUT2D eigenvalue weighted by Gasteiger charge is 2.23. The zero-order chi connectivity index (χ0) is 29.3. The molecule has 0 aromatic heterocycles. The molecule has 1 amide bonds. The van der Waals surface area contributed by atoms with Gasteiger partial charge in [-0.3, -0.25) is 14.3 Å². The number of sulfonamides is 1. The average molecular weight is 686 g/mol. The number of para-hydroxylation sites is 1. The fourth-order valence-corrected chi connectivity index (χ4v) is 5.26. The van der Waals surface area contributed by atoms with Crippen molar-refractivity contribution in [2.24, 2.45) is 0 Å². The van der Waals surface area contributed by atoms with E-state index in [9.17, 15) is 31.9 Å². The van der Waals surface area contributed by atoms with Gasteiger partial charge in [-0.1, -0.05) is 24.3 Å². The molecule has 8 nitrogen and oxygen atoms in total. The Balaban J connectivity index is 1.66. The van der Waals surface area contributed by atoms with E-state index >= 15 is 0 Å². The van der Waals surface area contributed by atoms with Gasteiger partial charge < -0.3 is 15.7 Å². The first-order chi connectivity index (χ1) is 18.9.